The van der Waals surface area contributed by atoms with Crippen LogP contribution in [-0.4, -0.2) is 13.4 Å². The topological polar surface area (TPSA) is 135 Å². The second-order valence-corrected chi connectivity index (χ2v) is 6.97. The monoisotopic (exact) mass is 352 g/mol. The van der Waals surface area contributed by atoms with E-state index in [1.165, 1.54) is 30.5 Å². The molecule has 0 spiro atoms. The number of sulfonamides is 1. The molecular weight excluding hydrogens is 340 g/mol. The summed E-state index contributed by atoms with van der Waals surface area (Å²) in [7, 11) is -3.89. The number of anilines is 1. The predicted octanol–water partition coefficient (Wildman–Crippen LogP) is 4.09. The van der Waals surface area contributed by atoms with Crippen molar-refractivity contribution in [2.24, 2.45) is 5.11 Å². The molecule has 25 heavy (non-hydrogen) atoms. The zero-order chi connectivity index (χ0) is 18.0. The lowest BCUT2D eigenvalue weighted by molar-refractivity contribution is 0.601. The minimum atomic E-state index is -3.89. The molecule has 9 heteroatoms. The first-order valence-electron chi connectivity index (χ1n) is 7.15. The second kappa shape index (κ2) is 6.20. The van der Waals surface area contributed by atoms with E-state index in [1.807, 2.05) is 6.92 Å². The van der Waals surface area contributed by atoms with E-state index in [2.05, 4.69) is 25.8 Å². The van der Waals surface area contributed by atoms with Crippen molar-refractivity contribution in [3.8, 4) is 6.07 Å². The Morgan fingerprint density at radius 2 is 2.12 bits per heavy atom. The van der Waals surface area contributed by atoms with Crippen LogP contribution < -0.4 is 4.72 Å². The van der Waals surface area contributed by atoms with Gasteiger partial charge in [0.2, 0.25) is 0 Å². The van der Waals surface area contributed by atoms with Gasteiger partial charge in [-0.15, -0.1) is 0 Å². The van der Waals surface area contributed by atoms with Crippen molar-refractivity contribution in [2.45, 2.75) is 11.8 Å². The van der Waals surface area contributed by atoms with Crippen molar-refractivity contribution in [2.75, 3.05) is 4.72 Å². The van der Waals surface area contributed by atoms with E-state index in [-0.39, 0.29) is 10.6 Å². The van der Waals surface area contributed by atoms with Crippen molar-refractivity contribution >= 4 is 32.3 Å². The number of rotatable bonds is 4. The Kier molecular flexibility index (Phi) is 4.07. The summed E-state index contributed by atoms with van der Waals surface area (Å²) in [5.41, 5.74) is 10.9. The molecule has 0 aliphatic rings. The van der Waals surface area contributed by atoms with Gasteiger partial charge in [-0.2, -0.15) is 5.26 Å². The highest BCUT2D eigenvalue weighted by molar-refractivity contribution is 7.92. The quantitative estimate of drug-likeness (QED) is 0.416. The minimum Gasteiger partial charge on any atom is -0.358 e. The summed E-state index contributed by atoms with van der Waals surface area (Å²) in [6, 6.07) is 11.1. The molecular formula is C16H12N6O2S. The fourth-order valence-electron chi connectivity index (χ4n) is 2.56. The van der Waals surface area contributed by atoms with Gasteiger partial charge in [0.15, 0.2) is 0 Å². The van der Waals surface area contributed by atoms with E-state index >= 15 is 0 Å². The van der Waals surface area contributed by atoms with Crippen LogP contribution in [0.15, 0.2) is 52.6 Å². The summed E-state index contributed by atoms with van der Waals surface area (Å²) in [5.74, 6) is 0. The molecule has 0 fully saturated rings. The minimum absolute atomic E-state index is 0.0295. The van der Waals surface area contributed by atoms with Crippen LogP contribution in [0.1, 0.15) is 11.1 Å². The van der Waals surface area contributed by atoms with Gasteiger partial charge in [-0.3, -0.25) is 4.72 Å². The number of aryl methyl sites for hydroxylation is 1. The van der Waals surface area contributed by atoms with Crippen LogP contribution in [0.2, 0.25) is 0 Å². The molecule has 124 valence electrons. The summed E-state index contributed by atoms with van der Waals surface area (Å²) >= 11 is 0. The maximum absolute atomic E-state index is 12.6. The Labute approximate surface area is 143 Å². The van der Waals surface area contributed by atoms with Gasteiger partial charge < -0.3 is 4.98 Å². The van der Waals surface area contributed by atoms with Crippen molar-refractivity contribution in [1.29, 1.82) is 5.26 Å². The van der Waals surface area contributed by atoms with Crippen molar-refractivity contribution in [3.05, 3.63) is 64.2 Å². The Hall–Kier alpha value is -3.47. The fourth-order valence-corrected chi connectivity index (χ4v) is 3.67. The smallest absolute Gasteiger partial charge is 0.261 e. The van der Waals surface area contributed by atoms with E-state index in [4.69, 9.17) is 5.53 Å². The number of hydrogen-bond donors (Lipinski definition) is 2. The van der Waals surface area contributed by atoms with Gasteiger partial charge in [0.05, 0.1) is 21.7 Å². The van der Waals surface area contributed by atoms with Gasteiger partial charge >= 0.3 is 0 Å². The summed E-state index contributed by atoms with van der Waals surface area (Å²) in [5, 5.41) is 13.3. The Morgan fingerprint density at radius 1 is 1.32 bits per heavy atom. The Bertz CT molecular complexity index is 1170. The van der Waals surface area contributed by atoms with Gasteiger partial charge in [0.25, 0.3) is 10.0 Å². The molecule has 8 nitrogen and oxygen atoms in total. The highest BCUT2D eigenvalue weighted by atomic mass is 32.2. The number of H-pyrrole nitrogens is 1. The summed E-state index contributed by atoms with van der Waals surface area (Å²) in [6.07, 6.45) is 1.54. The third kappa shape index (κ3) is 2.99. The summed E-state index contributed by atoms with van der Waals surface area (Å²) < 4.78 is 27.8. The lowest BCUT2D eigenvalue weighted by Crippen LogP contribution is -2.13. The molecule has 0 bridgehead atoms. The molecule has 0 amide bonds. The van der Waals surface area contributed by atoms with Gasteiger partial charge in [-0.05, 0) is 36.2 Å². The van der Waals surface area contributed by atoms with E-state index in [1.54, 1.807) is 12.1 Å². The molecule has 0 aliphatic carbocycles. The predicted molar refractivity (Wildman–Crippen MR) is 93.8 cm³/mol. The number of aromatic amines is 1. The fraction of sp³-hybridized carbons (Fsp3) is 0.0625. The number of azide groups is 1. The maximum atomic E-state index is 12.6. The van der Waals surface area contributed by atoms with Crippen LogP contribution in [-0.2, 0) is 10.0 Å². The molecule has 0 atom stereocenters. The molecule has 1 aromatic heterocycles. The zero-order valence-corrected chi connectivity index (χ0v) is 13.9. The van der Waals surface area contributed by atoms with Gasteiger partial charge in [0, 0.05) is 22.2 Å². The lowest BCUT2D eigenvalue weighted by Gasteiger charge is -2.10. The third-order valence-electron chi connectivity index (χ3n) is 3.70. The highest BCUT2D eigenvalue weighted by Gasteiger charge is 2.18. The van der Waals surface area contributed by atoms with Crippen LogP contribution in [0, 0.1) is 18.3 Å². The van der Waals surface area contributed by atoms with Crippen molar-refractivity contribution in [1.82, 2.24) is 4.98 Å². The molecule has 2 N–H and O–H groups in total. The number of nitrogens with one attached hydrogen (secondary N) is 2. The van der Waals surface area contributed by atoms with Gasteiger partial charge in [0.1, 0.15) is 6.07 Å². The molecule has 0 saturated heterocycles. The summed E-state index contributed by atoms with van der Waals surface area (Å²) in [6.45, 7) is 1.85. The summed E-state index contributed by atoms with van der Waals surface area (Å²) in [4.78, 5) is 5.56. The Morgan fingerprint density at radius 3 is 2.84 bits per heavy atom. The first kappa shape index (κ1) is 16.4. The third-order valence-corrected chi connectivity index (χ3v) is 5.06. The average Bonchev–Trinajstić information content (AvgIpc) is 3.03. The molecule has 0 unspecified atom stereocenters. The van der Waals surface area contributed by atoms with Crippen molar-refractivity contribution < 1.29 is 8.42 Å². The van der Waals surface area contributed by atoms with Gasteiger partial charge in [-0.25, -0.2) is 8.42 Å². The molecule has 0 radical (unpaired) electrons. The molecule has 1 heterocycles. The number of nitriles is 1. The average molecular weight is 352 g/mol. The number of aromatic nitrogens is 1. The van der Waals surface area contributed by atoms with E-state index < -0.39 is 10.0 Å². The van der Waals surface area contributed by atoms with Crippen LogP contribution in [0.25, 0.3) is 21.3 Å². The second-order valence-electron chi connectivity index (χ2n) is 5.29. The molecule has 3 aromatic rings. The number of fused-ring (bicyclic) bond motifs is 1. The standard InChI is InChI=1S/C16H12N6O2S/c1-10-5-6-14(16-15(10)11(8-17)9-19-16)21-25(23,24)13-4-2-3-12(7-13)20-22-18/h2-7,9,19,21H,1H3. The normalized spacial score (nSPS) is 10.9. The molecule has 2 aromatic carbocycles. The van der Waals surface area contributed by atoms with E-state index in [0.717, 1.165) is 5.56 Å². The van der Waals surface area contributed by atoms with E-state index in [9.17, 15) is 13.7 Å². The van der Waals surface area contributed by atoms with Gasteiger partial charge in [-0.1, -0.05) is 23.3 Å². The van der Waals surface area contributed by atoms with Crippen LogP contribution in [0.5, 0.6) is 0 Å². The Balaban J connectivity index is 2.08. The van der Waals surface area contributed by atoms with Crippen LogP contribution >= 0.6 is 0 Å². The van der Waals surface area contributed by atoms with Crippen LogP contribution in [0.4, 0.5) is 11.4 Å². The zero-order valence-electron chi connectivity index (χ0n) is 13.1. The number of nitrogens with zero attached hydrogens (tertiary/aromatic N) is 4. The largest absolute Gasteiger partial charge is 0.358 e. The lowest BCUT2D eigenvalue weighted by atomic mass is 10.1. The number of hydrogen-bond acceptors (Lipinski definition) is 4. The highest BCUT2D eigenvalue weighted by Crippen LogP contribution is 2.30. The first-order chi connectivity index (χ1) is 12.0. The molecule has 0 saturated carbocycles. The molecule has 3 rings (SSSR count). The van der Waals surface area contributed by atoms with E-state index in [0.29, 0.717) is 22.2 Å². The maximum Gasteiger partial charge on any atom is 0.261 e. The molecule has 0 aliphatic heterocycles. The van der Waals surface area contributed by atoms with Crippen molar-refractivity contribution in [3.63, 3.8) is 0 Å². The number of benzene rings is 2. The first-order valence-corrected chi connectivity index (χ1v) is 8.63. The SMILES string of the molecule is Cc1ccc(NS(=O)(=O)c2cccc(N=[N+]=[N-])c2)c2[nH]cc(C#N)c12. The van der Waals surface area contributed by atoms with Crippen LogP contribution in [0.3, 0.4) is 0 Å².